The van der Waals surface area contributed by atoms with Crippen molar-refractivity contribution in [2.24, 2.45) is 0 Å². The zero-order valence-electron chi connectivity index (χ0n) is 14.3. The third-order valence-corrected chi connectivity index (χ3v) is 4.98. The van der Waals surface area contributed by atoms with Gasteiger partial charge in [0, 0.05) is 21.8 Å². The van der Waals surface area contributed by atoms with E-state index in [2.05, 4.69) is 20.9 Å². The number of carbonyl (C=O) groups is 1. The van der Waals surface area contributed by atoms with Gasteiger partial charge in [-0.25, -0.2) is 9.78 Å². The van der Waals surface area contributed by atoms with E-state index in [9.17, 15) is 4.79 Å². The number of hydrogen-bond acceptors (Lipinski definition) is 5. The van der Waals surface area contributed by atoms with Crippen molar-refractivity contribution in [3.63, 3.8) is 0 Å². The summed E-state index contributed by atoms with van der Waals surface area (Å²) in [7, 11) is 0. The zero-order chi connectivity index (χ0) is 18.4. The van der Waals surface area contributed by atoms with Crippen LogP contribution in [0.5, 0.6) is 5.75 Å². The maximum Gasteiger partial charge on any atom is 0.357 e. The Morgan fingerprint density at radius 1 is 1.19 bits per heavy atom. The van der Waals surface area contributed by atoms with Crippen molar-refractivity contribution in [3.05, 3.63) is 80.2 Å². The summed E-state index contributed by atoms with van der Waals surface area (Å²) in [4.78, 5) is 16.2. The van der Waals surface area contributed by atoms with Crippen LogP contribution in [-0.2, 0) is 17.8 Å². The lowest BCUT2D eigenvalue weighted by molar-refractivity contribution is 0.0520. The first kappa shape index (κ1) is 18.6. The highest BCUT2D eigenvalue weighted by atomic mass is 79.9. The summed E-state index contributed by atoms with van der Waals surface area (Å²) < 4.78 is 12.0. The Balaban J connectivity index is 1.74. The molecule has 26 heavy (non-hydrogen) atoms. The molecular formula is C20H18BrNO3S. The molecule has 0 radical (unpaired) electrons. The van der Waals surface area contributed by atoms with Crippen LogP contribution in [0.25, 0.3) is 0 Å². The Kier molecular flexibility index (Phi) is 6.41. The Labute approximate surface area is 164 Å². The molecule has 2 aromatic carbocycles. The number of aromatic nitrogens is 1. The maximum absolute atomic E-state index is 11.8. The Bertz CT molecular complexity index is 880. The van der Waals surface area contributed by atoms with E-state index >= 15 is 0 Å². The van der Waals surface area contributed by atoms with Crippen molar-refractivity contribution >= 4 is 33.2 Å². The number of benzene rings is 2. The lowest BCUT2D eigenvalue weighted by atomic mass is 10.1. The van der Waals surface area contributed by atoms with Crippen LogP contribution >= 0.6 is 27.3 Å². The van der Waals surface area contributed by atoms with E-state index in [0.29, 0.717) is 25.3 Å². The average molecular weight is 432 g/mol. The second-order valence-corrected chi connectivity index (χ2v) is 7.41. The van der Waals surface area contributed by atoms with Gasteiger partial charge in [0.2, 0.25) is 0 Å². The minimum absolute atomic E-state index is 0.342. The van der Waals surface area contributed by atoms with E-state index in [-0.39, 0.29) is 5.97 Å². The number of nitrogens with zero attached hydrogens (tertiary/aromatic N) is 1. The Hall–Kier alpha value is -2.18. The molecule has 0 amide bonds. The molecule has 0 saturated heterocycles. The summed E-state index contributed by atoms with van der Waals surface area (Å²) in [5, 5.41) is 2.58. The number of halogens is 1. The lowest BCUT2D eigenvalue weighted by Crippen LogP contribution is -2.05. The second-order valence-electron chi connectivity index (χ2n) is 5.55. The molecule has 3 rings (SSSR count). The number of hydrogen-bond donors (Lipinski definition) is 0. The fourth-order valence-corrected chi connectivity index (χ4v) is 3.61. The first-order valence-corrected chi connectivity index (χ1v) is 9.89. The van der Waals surface area contributed by atoms with Gasteiger partial charge in [-0.1, -0.05) is 46.3 Å². The third kappa shape index (κ3) is 4.93. The number of rotatable bonds is 7. The SMILES string of the molecule is CCOC(=O)c1csc(Cc2cc(Br)ccc2OCc2ccccc2)n1. The monoisotopic (exact) mass is 431 g/mol. The molecule has 134 valence electrons. The molecular weight excluding hydrogens is 414 g/mol. The van der Waals surface area contributed by atoms with Gasteiger partial charge in [-0.15, -0.1) is 11.3 Å². The molecule has 1 aromatic heterocycles. The van der Waals surface area contributed by atoms with Crippen LogP contribution in [0.15, 0.2) is 58.4 Å². The third-order valence-electron chi connectivity index (χ3n) is 3.64. The minimum Gasteiger partial charge on any atom is -0.489 e. The molecule has 0 aliphatic carbocycles. The molecule has 4 nitrogen and oxygen atoms in total. The Morgan fingerprint density at radius 2 is 2.00 bits per heavy atom. The van der Waals surface area contributed by atoms with Crippen LogP contribution in [0.1, 0.15) is 33.5 Å². The quantitative estimate of drug-likeness (QED) is 0.479. The molecule has 0 N–H and O–H groups in total. The summed E-state index contributed by atoms with van der Waals surface area (Å²) in [6, 6.07) is 16.0. The smallest absolute Gasteiger partial charge is 0.357 e. The summed E-state index contributed by atoms with van der Waals surface area (Å²) in [5.41, 5.74) is 2.48. The molecule has 0 saturated carbocycles. The van der Waals surface area contributed by atoms with E-state index in [4.69, 9.17) is 9.47 Å². The van der Waals surface area contributed by atoms with Gasteiger partial charge in [-0.3, -0.25) is 0 Å². The van der Waals surface area contributed by atoms with Gasteiger partial charge in [0.1, 0.15) is 12.4 Å². The highest BCUT2D eigenvalue weighted by Gasteiger charge is 2.14. The summed E-state index contributed by atoms with van der Waals surface area (Å²) in [5.74, 6) is 0.426. The first-order chi connectivity index (χ1) is 12.7. The molecule has 0 bridgehead atoms. The highest BCUT2D eigenvalue weighted by Crippen LogP contribution is 2.27. The Morgan fingerprint density at radius 3 is 2.77 bits per heavy atom. The highest BCUT2D eigenvalue weighted by molar-refractivity contribution is 9.10. The molecule has 0 fully saturated rings. The van der Waals surface area contributed by atoms with Gasteiger partial charge in [-0.2, -0.15) is 0 Å². The molecule has 0 unspecified atom stereocenters. The van der Waals surface area contributed by atoms with Crippen molar-refractivity contribution in [3.8, 4) is 5.75 Å². The van der Waals surface area contributed by atoms with E-state index in [1.165, 1.54) is 11.3 Å². The van der Waals surface area contributed by atoms with Gasteiger partial charge in [0.05, 0.1) is 11.6 Å². The van der Waals surface area contributed by atoms with Gasteiger partial charge in [0.15, 0.2) is 5.69 Å². The fourth-order valence-electron chi connectivity index (χ4n) is 2.42. The number of esters is 1. The minimum atomic E-state index is -0.384. The van der Waals surface area contributed by atoms with Gasteiger partial charge in [-0.05, 0) is 30.7 Å². The fraction of sp³-hybridized carbons (Fsp3) is 0.200. The second kappa shape index (κ2) is 8.96. The van der Waals surface area contributed by atoms with E-state index in [1.54, 1.807) is 12.3 Å². The van der Waals surface area contributed by atoms with E-state index in [0.717, 1.165) is 26.4 Å². The lowest BCUT2D eigenvalue weighted by Gasteiger charge is -2.11. The summed E-state index contributed by atoms with van der Waals surface area (Å²) in [6.07, 6.45) is 0.591. The molecule has 3 aromatic rings. The predicted octanol–water partition coefficient (Wildman–Crippen LogP) is 5.25. The predicted molar refractivity (Wildman–Crippen MR) is 106 cm³/mol. The number of carbonyl (C=O) groups excluding carboxylic acids is 1. The maximum atomic E-state index is 11.8. The average Bonchev–Trinajstić information content (AvgIpc) is 3.11. The van der Waals surface area contributed by atoms with E-state index in [1.807, 2.05) is 48.5 Å². The molecule has 0 aliphatic heterocycles. The molecule has 0 spiro atoms. The van der Waals surface area contributed by atoms with Crippen molar-refractivity contribution in [1.29, 1.82) is 0 Å². The largest absolute Gasteiger partial charge is 0.489 e. The van der Waals surface area contributed by atoms with Crippen LogP contribution in [-0.4, -0.2) is 17.6 Å². The van der Waals surface area contributed by atoms with Crippen molar-refractivity contribution in [1.82, 2.24) is 4.98 Å². The van der Waals surface area contributed by atoms with Crippen molar-refractivity contribution in [2.75, 3.05) is 6.61 Å². The van der Waals surface area contributed by atoms with Crippen LogP contribution in [0.2, 0.25) is 0 Å². The van der Waals surface area contributed by atoms with Crippen LogP contribution in [0.3, 0.4) is 0 Å². The van der Waals surface area contributed by atoms with Gasteiger partial charge < -0.3 is 9.47 Å². The van der Waals surface area contributed by atoms with Crippen molar-refractivity contribution < 1.29 is 14.3 Å². The molecule has 0 atom stereocenters. The van der Waals surface area contributed by atoms with Crippen LogP contribution < -0.4 is 4.74 Å². The first-order valence-electron chi connectivity index (χ1n) is 8.22. The number of thiazole rings is 1. The normalized spacial score (nSPS) is 10.5. The van der Waals surface area contributed by atoms with Gasteiger partial charge in [0.25, 0.3) is 0 Å². The topological polar surface area (TPSA) is 48.4 Å². The zero-order valence-corrected chi connectivity index (χ0v) is 16.7. The number of ether oxygens (including phenoxy) is 2. The van der Waals surface area contributed by atoms with Crippen LogP contribution in [0.4, 0.5) is 0 Å². The molecule has 1 heterocycles. The van der Waals surface area contributed by atoms with Crippen LogP contribution in [0, 0.1) is 0 Å². The van der Waals surface area contributed by atoms with Crippen molar-refractivity contribution in [2.45, 2.75) is 20.0 Å². The summed E-state index contributed by atoms with van der Waals surface area (Å²) >= 11 is 4.95. The molecule has 6 heteroatoms. The van der Waals surface area contributed by atoms with Gasteiger partial charge >= 0.3 is 5.97 Å². The standard InChI is InChI=1S/C20H18BrNO3S/c1-2-24-20(23)17-13-26-19(22-17)11-15-10-16(21)8-9-18(15)25-12-14-6-4-3-5-7-14/h3-10,13H,2,11-12H2,1H3. The van der Waals surface area contributed by atoms with E-state index < -0.39 is 0 Å². The molecule has 0 aliphatic rings. The summed E-state index contributed by atoms with van der Waals surface area (Å²) in [6.45, 7) is 2.62.